The summed E-state index contributed by atoms with van der Waals surface area (Å²) < 4.78 is 10.5. The van der Waals surface area contributed by atoms with Gasteiger partial charge in [-0.05, 0) is 30.5 Å². The van der Waals surface area contributed by atoms with Gasteiger partial charge in [0.05, 0.1) is 9.75 Å². The van der Waals surface area contributed by atoms with Gasteiger partial charge < -0.3 is 9.15 Å². The number of thiophene rings is 2. The fourth-order valence-electron chi connectivity index (χ4n) is 1.65. The van der Waals surface area contributed by atoms with Gasteiger partial charge in [0.2, 0.25) is 0 Å². The molecule has 8 heteroatoms. The Bertz CT molecular complexity index is 805. The van der Waals surface area contributed by atoms with Gasteiger partial charge in [-0.2, -0.15) is 0 Å². The van der Waals surface area contributed by atoms with Crippen LogP contribution >= 0.6 is 22.7 Å². The lowest BCUT2D eigenvalue weighted by Crippen LogP contribution is -2.03. The third-order valence-corrected chi connectivity index (χ3v) is 4.70. The molecular weight excluding hydrogens is 324 g/mol. The molecule has 0 saturated carbocycles. The lowest BCUT2D eigenvalue weighted by Gasteiger charge is -1.98. The third-order valence-electron chi connectivity index (χ3n) is 2.68. The van der Waals surface area contributed by atoms with Crippen LogP contribution in [0, 0.1) is 0 Å². The molecule has 112 valence electrons. The van der Waals surface area contributed by atoms with E-state index in [1.165, 1.54) is 18.3 Å². The first-order chi connectivity index (χ1) is 10.6. The first-order valence-electron chi connectivity index (χ1n) is 6.27. The quantitative estimate of drug-likeness (QED) is 0.525. The summed E-state index contributed by atoms with van der Waals surface area (Å²) in [5.41, 5.74) is 0. The van der Waals surface area contributed by atoms with Gasteiger partial charge in [-0.25, -0.2) is 4.79 Å². The van der Waals surface area contributed by atoms with E-state index in [1.54, 1.807) is 12.1 Å². The summed E-state index contributed by atoms with van der Waals surface area (Å²) in [5.74, 6) is 0.0195. The second-order valence-corrected chi connectivity index (χ2v) is 6.31. The van der Waals surface area contributed by atoms with Crippen molar-refractivity contribution in [3.05, 3.63) is 45.3 Å². The van der Waals surface area contributed by atoms with Crippen LogP contribution in [-0.4, -0.2) is 21.9 Å². The summed E-state index contributed by atoms with van der Waals surface area (Å²) in [4.78, 5) is 24.8. The zero-order chi connectivity index (χ0) is 15.5. The fraction of sp³-hybridized carbons (Fsp3) is 0.143. The highest BCUT2D eigenvalue weighted by atomic mass is 32.1. The van der Waals surface area contributed by atoms with Crippen molar-refractivity contribution in [2.75, 3.05) is 0 Å². The number of rotatable bonds is 5. The summed E-state index contributed by atoms with van der Waals surface area (Å²) in [6.07, 6.45) is 0. The van der Waals surface area contributed by atoms with Crippen molar-refractivity contribution in [2.24, 2.45) is 0 Å². The maximum absolute atomic E-state index is 11.9. The molecule has 0 saturated heterocycles. The minimum Gasteiger partial charge on any atom is -0.451 e. The normalized spacial score (nSPS) is 10.6. The first kappa shape index (κ1) is 14.6. The Labute approximate surface area is 133 Å². The van der Waals surface area contributed by atoms with Crippen molar-refractivity contribution >= 4 is 34.4 Å². The van der Waals surface area contributed by atoms with Crippen LogP contribution in [0.25, 0.3) is 10.8 Å². The van der Waals surface area contributed by atoms with E-state index < -0.39 is 5.97 Å². The van der Waals surface area contributed by atoms with E-state index >= 15 is 0 Å². The van der Waals surface area contributed by atoms with Gasteiger partial charge in [0.15, 0.2) is 12.4 Å². The van der Waals surface area contributed by atoms with Crippen LogP contribution in [0.3, 0.4) is 0 Å². The van der Waals surface area contributed by atoms with Gasteiger partial charge in [0.1, 0.15) is 4.88 Å². The van der Waals surface area contributed by atoms with Crippen LogP contribution in [0.4, 0.5) is 0 Å². The van der Waals surface area contributed by atoms with Crippen LogP contribution in [-0.2, 0) is 11.3 Å². The van der Waals surface area contributed by atoms with Gasteiger partial charge >= 0.3 is 5.97 Å². The molecule has 0 atom stereocenters. The highest BCUT2D eigenvalue weighted by molar-refractivity contribution is 7.15. The van der Waals surface area contributed by atoms with Gasteiger partial charge in [-0.15, -0.1) is 32.9 Å². The molecule has 0 spiro atoms. The molecular formula is C14H10N2O4S2. The Hall–Kier alpha value is -2.32. The summed E-state index contributed by atoms with van der Waals surface area (Å²) in [5, 5.41) is 9.64. The van der Waals surface area contributed by atoms with Crippen molar-refractivity contribution in [3.63, 3.8) is 0 Å². The van der Waals surface area contributed by atoms with Crippen molar-refractivity contribution in [1.82, 2.24) is 10.2 Å². The van der Waals surface area contributed by atoms with Crippen LogP contribution < -0.4 is 0 Å². The number of hydrogen-bond donors (Lipinski definition) is 0. The Morgan fingerprint density at radius 3 is 2.73 bits per heavy atom. The summed E-state index contributed by atoms with van der Waals surface area (Å²) in [6, 6.07) is 6.91. The Morgan fingerprint density at radius 1 is 1.23 bits per heavy atom. The van der Waals surface area contributed by atoms with Crippen LogP contribution in [0.15, 0.2) is 34.1 Å². The van der Waals surface area contributed by atoms with E-state index in [9.17, 15) is 9.59 Å². The van der Waals surface area contributed by atoms with E-state index in [1.807, 2.05) is 17.5 Å². The number of esters is 1. The molecule has 3 rings (SSSR count). The predicted octanol–water partition coefficient (Wildman–Crippen LogP) is 3.42. The molecule has 22 heavy (non-hydrogen) atoms. The molecule has 0 unspecified atom stereocenters. The average molecular weight is 334 g/mol. The van der Waals surface area contributed by atoms with Crippen LogP contribution in [0.5, 0.6) is 0 Å². The summed E-state index contributed by atoms with van der Waals surface area (Å²) in [6.45, 7) is 1.34. The summed E-state index contributed by atoms with van der Waals surface area (Å²) in [7, 11) is 0. The van der Waals surface area contributed by atoms with Crippen molar-refractivity contribution in [3.8, 4) is 10.8 Å². The molecule has 0 radical (unpaired) electrons. The molecule has 0 aliphatic carbocycles. The van der Waals surface area contributed by atoms with E-state index in [4.69, 9.17) is 9.15 Å². The smallest absolute Gasteiger partial charge is 0.348 e. The standard InChI is InChI=1S/C14H10N2O4S2/c1-8(17)9-4-5-11(22-9)14(18)19-7-12-15-16-13(20-12)10-3-2-6-21-10/h2-6H,7H2,1H3. The Balaban J connectivity index is 1.62. The van der Waals surface area contributed by atoms with E-state index in [-0.39, 0.29) is 18.3 Å². The number of carbonyl (C=O) groups is 2. The molecule has 3 heterocycles. The van der Waals surface area contributed by atoms with Crippen molar-refractivity contribution < 1.29 is 18.7 Å². The molecule has 0 amide bonds. The van der Waals surface area contributed by atoms with E-state index in [0.717, 1.165) is 16.2 Å². The van der Waals surface area contributed by atoms with Gasteiger partial charge in [-0.1, -0.05) is 6.07 Å². The zero-order valence-corrected chi connectivity index (χ0v) is 13.1. The minimum absolute atomic E-state index is 0.0819. The number of hydrogen-bond acceptors (Lipinski definition) is 8. The van der Waals surface area contributed by atoms with Crippen LogP contribution in [0.2, 0.25) is 0 Å². The largest absolute Gasteiger partial charge is 0.451 e. The van der Waals surface area contributed by atoms with Crippen LogP contribution in [0.1, 0.15) is 32.2 Å². The zero-order valence-electron chi connectivity index (χ0n) is 11.4. The molecule has 0 aromatic carbocycles. The number of Topliss-reactive ketones (excluding diaryl/α,β-unsaturated/α-hetero) is 1. The Kier molecular flexibility index (Phi) is 4.12. The number of ether oxygens (including phenoxy) is 1. The Morgan fingerprint density at radius 2 is 2.05 bits per heavy atom. The fourth-order valence-corrected chi connectivity index (χ4v) is 3.09. The predicted molar refractivity (Wildman–Crippen MR) is 81.1 cm³/mol. The van der Waals surface area contributed by atoms with Gasteiger partial charge in [-0.3, -0.25) is 4.79 Å². The number of nitrogens with zero attached hydrogens (tertiary/aromatic N) is 2. The van der Waals surface area contributed by atoms with Crippen molar-refractivity contribution in [1.29, 1.82) is 0 Å². The lowest BCUT2D eigenvalue weighted by atomic mass is 10.3. The average Bonchev–Trinajstić information content (AvgIpc) is 3.23. The molecule has 6 nitrogen and oxygen atoms in total. The SMILES string of the molecule is CC(=O)c1ccc(C(=O)OCc2nnc(-c3cccs3)o2)s1. The molecule has 0 aliphatic rings. The topological polar surface area (TPSA) is 82.3 Å². The van der Waals surface area contributed by atoms with Gasteiger partial charge in [0.25, 0.3) is 11.8 Å². The molecule has 3 aromatic rings. The second-order valence-electron chi connectivity index (χ2n) is 4.27. The minimum atomic E-state index is -0.520. The number of ketones is 1. The monoisotopic (exact) mass is 334 g/mol. The third kappa shape index (κ3) is 3.12. The van der Waals surface area contributed by atoms with E-state index in [2.05, 4.69) is 10.2 Å². The number of carbonyl (C=O) groups excluding carboxylic acids is 2. The molecule has 0 aliphatic heterocycles. The van der Waals surface area contributed by atoms with E-state index in [0.29, 0.717) is 15.6 Å². The maximum Gasteiger partial charge on any atom is 0.348 e. The molecule has 3 aromatic heterocycles. The maximum atomic E-state index is 11.9. The summed E-state index contributed by atoms with van der Waals surface area (Å²) >= 11 is 2.58. The van der Waals surface area contributed by atoms with Gasteiger partial charge in [0, 0.05) is 0 Å². The first-order valence-corrected chi connectivity index (χ1v) is 7.97. The highest BCUT2D eigenvalue weighted by Crippen LogP contribution is 2.23. The lowest BCUT2D eigenvalue weighted by molar-refractivity contribution is 0.0444. The molecule has 0 bridgehead atoms. The second kappa shape index (κ2) is 6.20. The van der Waals surface area contributed by atoms with Crippen molar-refractivity contribution in [2.45, 2.75) is 13.5 Å². The highest BCUT2D eigenvalue weighted by Gasteiger charge is 2.15. The number of aromatic nitrogens is 2. The molecule has 0 fully saturated rings. The molecule has 0 N–H and O–H groups in total.